The molecule has 0 saturated heterocycles. The average Bonchev–Trinajstić information content (AvgIpc) is 1.98. The van der Waals surface area contributed by atoms with Gasteiger partial charge in [0.25, 0.3) is 0 Å². The van der Waals surface area contributed by atoms with Crippen LogP contribution in [0.4, 0.5) is 0 Å². The molecule has 0 rings (SSSR count). The number of rotatable bonds is 4. The molecule has 0 atom stereocenters. The number of nitrogens with one attached hydrogen (secondary N) is 1. The van der Waals surface area contributed by atoms with Gasteiger partial charge in [0.05, 0.1) is 11.4 Å². The van der Waals surface area contributed by atoms with Gasteiger partial charge in [-0.2, -0.15) is 0 Å². The number of hydrogen-bond acceptors (Lipinski definition) is 2. The third-order valence-electron chi connectivity index (χ3n) is 1.23. The number of halogens is 1. The summed E-state index contributed by atoms with van der Waals surface area (Å²) in [6, 6.07) is 0.336. The standard InChI is InChI=1S/C9H15BrN2/c1-5-8(12-6(2)3)9(11)7(4)10/h5-6,12H,1,4,11H2,2-3H3/b9-8-. The third-order valence-corrected chi connectivity index (χ3v) is 1.66. The topological polar surface area (TPSA) is 38.0 Å². The summed E-state index contributed by atoms with van der Waals surface area (Å²) < 4.78 is 0.672. The van der Waals surface area contributed by atoms with Crippen LogP contribution in [0, 0.1) is 0 Å². The van der Waals surface area contributed by atoms with Crippen LogP contribution in [0.15, 0.2) is 35.1 Å². The summed E-state index contributed by atoms with van der Waals surface area (Å²) in [4.78, 5) is 0. The Balaban J connectivity index is 4.62. The second kappa shape index (κ2) is 5.04. The predicted octanol–water partition coefficient (Wildman–Crippen LogP) is 2.25. The Morgan fingerprint density at radius 3 is 2.33 bits per heavy atom. The maximum absolute atomic E-state index is 5.72. The molecule has 0 amide bonds. The largest absolute Gasteiger partial charge is 0.396 e. The number of nitrogens with two attached hydrogens (primary N) is 1. The molecule has 0 bridgehead atoms. The molecule has 12 heavy (non-hydrogen) atoms. The van der Waals surface area contributed by atoms with E-state index in [0.29, 0.717) is 16.2 Å². The van der Waals surface area contributed by atoms with Crippen molar-refractivity contribution in [2.75, 3.05) is 0 Å². The summed E-state index contributed by atoms with van der Waals surface area (Å²) in [5.74, 6) is 0. The minimum Gasteiger partial charge on any atom is -0.396 e. The summed E-state index contributed by atoms with van der Waals surface area (Å²) >= 11 is 3.21. The highest BCUT2D eigenvalue weighted by Gasteiger charge is 2.02. The first-order chi connectivity index (χ1) is 5.49. The van der Waals surface area contributed by atoms with E-state index in [4.69, 9.17) is 5.73 Å². The van der Waals surface area contributed by atoms with Crippen LogP contribution in [-0.2, 0) is 0 Å². The van der Waals surface area contributed by atoms with Crippen molar-refractivity contribution in [3.05, 3.63) is 35.1 Å². The van der Waals surface area contributed by atoms with Crippen LogP contribution in [0.5, 0.6) is 0 Å². The Kier molecular flexibility index (Phi) is 4.74. The highest BCUT2D eigenvalue weighted by molar-refractivity contribution is 9.11. The summed E-state index contributed by atoms with van der Waals surface area (Å²) in [6.07, 6.45) is 1.68. The van der Waals surface area contributed by atoms with Crippen molar-refractivity contribution in [3.63, 3.8) is 0 Å². The Hall–Kier alpha value is -0.700. The monoisotopic (exact) mass is 230 g/mol. The molecule has 0 aliphatic rings. The fourth-order valence-electron chi connectivity index (χ4n) is 0.704. The molecule has 0 aromatic rings. The van der Waals surface area contributed by atoms with Gasteiger partial charge in [0.15, 0.2) is 0 Å². The van der Waals surface area contributed by atoms with E-state index < -0.39 is 0 Å². The van der Waals surface area contributed by atoms with Gasteiger partial charge in [-0.05, 0) is 35.9 Å². The van der Waals surface area contributed by atoms with E-state index in [0.717, 1.165) is 5.70 Å². The third kappa shape index (κ3) is 3.62. The minimum absolute atomic E-state index is 0.336. The van der Waals surface area contributed by atoms with Crippen molar-refractivity contribution in [3.8, 4) is 0 Å². The highest BCUT2D eigenvalue weighted by Crippen LogP contribution is 2.12. The van der Waals surface area contributed by atoms with E-state index in [1.54, 1.807) is 6.08 Å². The quantitative estimate of drug-likeness (QED) is 0.728. The molecule has 0 heterocycles. The van der Waals surface area contributed by atoms with Gasteiger partial charge in [-0.25, -0.2) is 0 Å². The molecule has 3 heteroatoms. The van der Waals surface area contributed by atoms with E-state index in [2.05, 4.69) is 34.4 Å². The van der Waals surface area contributed by atoms with Gasteiger partial charge < -0.3 is 11.1 Å². The van der Waals surface area contributed by atoms with Crippen molar-refractivity contribution in [2.45, 2.75) is 19.9 Å². The lowest BCUT2D eigenvalue weighted by atomic mass is 10.3. The highest BCUT2D eigenvalue weighted by atomic mass is 79.9. The molecule has 2 nitrogen and oxygen atoms in total. The minimum atomic E-state index is 0.336. The lowest BCUT2D eigenvalue weighted by Gasteiger charge is -2.13. The first kappa shape index (κ1) is 11.3. The van der Waals surface area contributed by atoms with E-state index in [-0.39, 0.29) is 0 Å². The van der Waals surface area contributed by atoms with Crippen LogP contribution < -0.4 is 11.1 Å². The SMILES string of the molecule is C=C/C(NC(C)C)=C(/N)C(=C)Br. The number of hydrogen-bond donors (Lipinski definition) is 2. The van der Waals surface area contributed by atoms with Gasteiger partial charge in [-0.3, -0.25) is 0 Å². The molecule has 0 unspecified atom stereocenters. The Labute approximate surface area is 82.3 Å². The summed E-state index contributed by atoms with van der Waals surface area (Å²) in [5.41, 5.74) is 7.13. The van der Waals surface area contributed by atoms with Crippen molar-refractivity contribution in [1.82, 2.24) is 5.32 Å². The summed E-state index contributed by atoms with van der Waals surface area (Å²) in [6.45, 7) is 11.4. The van der Waals surface area contributed by atoms with Gasteiger partial charge in [0, 0.05) is 10.5 Å². The molecular formula is C9H15BrN2. The second-order valence-corrected chi connectivity index (χ2v) is 3.69. The maximum atomic E-state index is 5.72. The summed E-state index contributed by atoms with van der Waals surface area (Å²) in [5, 5.41) is 3.16. The van der Waals surface area contributed by atoms with Gasteiger partial charge in [0.1, 0.15) is 0 Å². The van der Waals surface area contributed by atoms with Crippen LogP contribution >= 0.6 is 15.9 Å². The summed E-state index contributed by atoms with van der Waals surface area (Å²) in [7, 11) is 0. The molecule has 68 valence electrons. The first-order valence-corrected chi connectivity index (χ1v) is 4.51. The van der Waals surface area contributed by atoms with Crippen molar-refractivity contribution < 1.29 is 0 Å². The Morgan fingerprint density at radius 2 is 2.08 bits per heavy atom. The smallest absolute Gasteiger partial charge is 0.0687 e. The Morgan fingerprint density at radius 1 is 1.58 bits per heavy atom. The molecule has 3 N–H and O–H groups in total. The molecule has 0 spiro atoms. The molecule has 0 aliphatic heterocycles. The van der Waals surface area contributed by atoms with Crippen molar-refractivity contribution in [1.29, 1.82) is 0 Å². The fraction of sp³-hybridized carbons (Fsp3) is 0.333. The average molecular weight is 231 g/mol. The van der Waals surface area contributed by atoms with E-state index >= 15 is 0 Å². The molecule has 0 aromatic heterocycles. The van der Waals surface area contributed by atoms with Crippen molar-refractivity contribution >= 4 is 15.9 Å². The van der Waals surface area contributed by atoms with Gasteiger partial charge >= 0.3 is 0 Å². The predicted molar refractivity (Wildman–Crippen MR) is 57.7 cm³/mol. The van der Waals surface area contributed by atoms with Gasteiger partial charge in [0.2, 0.25) is 0 Å². The maximum Gasteiger partial charge on any atom is 0.0687 e. The van der Waals surface area contributed by atoms with Crippen LogP contribution in [0.3, 0.4) is 0 Å². The van der Waals surface area contributed by atoms with Crippen LogP contribution in [-0.4, -0.2) is 6.04 Å². The zero-order valence-electron chi connectivity index (χ0n) is 7.52. The Bertz CT molecular complexity index is 217. The van der Waals surface area contributed by atoms with E-state index in [9.17, 15) is 0 Å². The van der Waals surface area contributed by atoms with E-state index in [1.807, 2.05) is 13.8 Å². The van der Waals surface area contributed by atoms with E-state index in [1.165, 1.54) is 0 Å². The zero-order valence-corrected chi connectivity index (χ0v) is 9.11. The molecule has 0 fully saturated rings. The van der Waals surface area contributed by atoms with Gasteiger partial charge in [-0.15, -0.1) is 0 Å². The second-order valence-electron chi connectivity index (χ2n) is 2.74. The lowest BCUT2D eigenvalue weighted by molar-refractivity contribution is 0.676. The molecular weight excluding hydrogens is 216 g/mol. The van der Waals surface area contributed by atoms with Gasteiger partial charge in [-0.1, -0.05) is 13.2 Å². The first-order valence-electron chi connectivity index (χ1n) is 3.72. The van der Waals surface area contributed by atoms with Crippen LogP contribution in [0.1, 0.15) is 13.8 Å². The molecule has 0 saturated carbocycles. The zero-order chi connectivity index (χ0) is 9.72. The molecule has 0 aliphatic carbocycles. The lowest BCUT2D eigenvalue weighted by Crippen LogP contribution is -2.24. The van der Waals surface area contributed by atoms with Crippen LogP contribution in [0.2, 0.25) is 0 Å². The fourth-order valence-corrected chi connectivity index (χ4v) is 0.917. The molecule has 0 aromatic carbocycles. The van der Waals surface area contributed by atoms with Crippen molar-refractivity contribution in [2.24, 2.45) is 5.73 Å². The number of allylic oxidation sites excluding steroid dienone is 2. The molecule has 0 radical (unpaired) electrons. The normalized spacial score (nSPS) is 12.3. The van der Waals surface area contributed by atoms with Crippen LogP contribution in [0.25, 0.3) is 0 Å².